The molecule has 0 saturated heterocycles. The highest BCUT2D eigenvalue weighted by molar-refractivity contribution is 5.75. The monoisotopic (exact) mass is 392 g/mol. The zero-order chi connectivity index (χ0) is 19.9. The summed E-state index contributed by atoms with van der Waals surface area (Å²) in [5.74, 6) is 2.50. The van der Waals surface area contributed by atoms with Crippen LogP contribution in [0.3, 0.4) is 0 Å². The molecule has 0 unspecified atom stereocenters. The molecule has 7 heteroatoms. The van der Waals surface area contributed by atoms with E-state index in [0.717, 1.165) is 24.2 Å². The van der Waals surface area contributed by atoms with Crippen molar-refractivity contribution >= 4 is 5.91 Å². The molecule has 0 fully saturated rings. The summed E-state index contributed by atoms with van der Waals surface area (Å²) in [5.41, 5.74) is 2.08. The van der Waals surface area contributed by atoms with Gasteiger partial charge in [0.25, 0.3) is 0 Å². The number of pyridine rings is 1. The number of benzene rings is 1. The first kappa shape index (κ1) is 19.1. The molecule has 0 radical (unpaired) electrons. The van der Waals surface area contributed by atoms with Gasteiger partial charge in [0.15, 0.2) is 0 Å². The lowest BCUT2D eigenvalue weighted by molar-refractivity contribution is -0.121. The van der Waals surface area contributed by atoms with Crippen molar-refractivity contribution in [2.75, 3.05) is 13.2 Å². The van der Waals surface area contributed by atoms with Gasteiger partial charge >= 0.3 is 0 Å². The molecule has 1 amide bonds. The Bertz CT molecular complexity index is 942. The van der Waals surface area contributed by atoms with E-state index >= 15 is 0 Å². The Balaban J connectivity index is 1.20. The number of hydrogen-bond donors (Lipinski definition) is 1. The van der Waals surface area contributed by atoms with Crippen molar-refractivity contribution in [3.8, 4) is 17.1 Å². The average molecular weight is 392 g/mol. The quantitative estimate of drug-likeness (QED) is 0.664. The minimum atomic E-state index is 0.0531. The van der Waals surface area contributed by atoms with Gasteiger partial charge in [0.05, 0.1) is 6.61 Å². The van der Waals surface area contributed by atoms with Crippen molar-refractivity contribution in [2.45, 2.75) is 32.1 Å². The van der Waals surface area contributed by atoms with Gasteiger partial charge < -0.3 is 14.6 Å². The average Bonchev–Trinajstić information content (AvgIpc) is 3.12. The summed E-state index contributed by atoms with van der Waals surface area (Å²) >= 11 is 0. The Kier molecular flexibility index (Phi) is 6.14. The number of aromatic nitrogens is 3. The van der Waals surface area contributed by atoms with Crippen molar-refractivity contribution in [1.82, 2.24) is 20.4 Å². The molecule has 1 atom stereocenters. The van der Waals surface area contributed by atoms with Gasteiger partial charge in [0.2, 0.25) is 17.6 Å². The summed E-state index contributed by atoms with van der Waals surface area (Å²) in [6.07, 6.45) is 6.93. The lowest BCUT2D eigenvalue weighted by Crippen LogP contribution is -2.30. The molecule has 150 valence electrons. The number of fused-ring (bicyclic) bond motifs is 1. The highest BCUT2D eigenvalue weighted by Gasteiger charge is 2.18. The number of carbonyl (C=O) groups excluding carboxylic acids is 1. The molecule has 1 N–H and O–H groups in total. The van der Waals surface area contributed by atoms with E-state index in [-0.39, 0.29) is 5.91 Å². The Hall–Kier alpha value is -3.22. The maximum atomic E-state index is 12.2. The van der Waals surface area contributed by atoms with Crippen molar-refractivity contribution in [1.29, 1.82) is 0 Å². The number of rotatable bonds is 7. The predicted octanol–water partition coefficient (Wildman–Crippen LogP) is 3.21. The third kappa shape index (κ3) is 5.19. The zero-order valence-corrected chi connectivity index (χ0v) is 16.2. The minimum Gasteiger partial charge on any atom is -0.493 e. The van der Waals surface area contributed by atoms with E-state index in [2.05, 4.69) is 26.5 Å². The van der Waals surface area contributed by atoms with E-state index in [1.54, 1.807) is 12.4 Å². The molecule has 1 aliphatic rings. The van der Waals surface area contributed by atoms with Gasteiger partial charge in [-0.2, -0.15) is 4.98 Å². The number of nitrogens with zero attached hydrogens (tertiary/aromatic N) is 3. The molecule has 3 aromatic rings. The number of para-hydroxylation sites is 1. The van der Waals surface area contributed by atoms with Crippen LogP contribution in [-0.2, 0) is 17.6 Å². The van der Waals surface area contributed by atoms with E-state index in [1.807, 2.05) is 30.3 Å². The van der Waals surface area contributed by atoms with Crippen molar-refractivity contribution in [3.63, 3.8) is 0 Å². The largest absolute Gasteiger partial charge is 0.493 e. The maximum absolute atomic E-state index is 12.2. The molecule has 0 saturated carbocycles. The smallest absolute Gasteiger partial charge is 0.226 e. The second-order valence-electron chi connectivity index (χ2n) is 7.22. The molecule has 3 heterocycles. The van der Waals surface area contributed by atoms with Gasteiger partial charge in [-0.05, 0) is 48.9 Å². The Labute approximate surface area is 169 Å². The van der Waals surface area contributed by atoms with Gasteiger partial charge in [-0.25, -0.2) is 0 Å². The summed E-state index contributed by atoms with van der Waals surface area (Å²) in [7, 11) is 0. The topological polar surface area (TPSA) is 90.1 Å². The standard InChI is InChI=1S/C22H24N4O3/c27-20(24-15-16-10-13-28-19-5-2-1-4-18(19)14-16)6-3-7-21-25-22(26-29-21)17-8-11-23-12-9-17/h1-2,4-5,8-9,11-12,16H,3,6-7,10,13-15H2,(H,24,27)/t16-/m1/s1. The van der Waals surface area contributed by atoms with Gasteiger partial charge in [-0.1, -0.05) is 23.4 Å². The third-order valence-corrected chi connectivity index (χ3v) is 5.05. The van der Waals surface area contributed by atoms with E-state index in [9.17, 15) is 4.79 Å². The van der Waals surface area contributed by atoms with E-state index < -0.39 is 0 Å². The van der Waals surface area contributed by atoms with Crippen molar-refractivity contribution < 1.29 is 14.1 Å². The van der Waals surface area contributed by atoms with Crippen molar-refractivity contribution in [3.05, 3.63) is 60.2 Å². The molecule has 7 nitrogen and oxygen atoms in total. The fourth-order valence-electron chi connectivity index (χ4n) is 3.46. The SMILES string of the molecule is O=C(CCCc1nc(-c2ccncc2)no1)NC[C@@H]1CCOc2ccccc2C1. The summed E-state index contributed by atoms with van der Waals surface area (Å²) in [6, 6.07) is 11.8. The third-order valence-electron chi connectivity index (χ3n) is 5.05. The van der Waals surface area contributed by atoms with Crippen LogP contribution >= 0.6 is 0 Å². The molecule has 2 aromatic heterocycles. The fourth-order valence-corrected chi connectivity index (χ4v) is 3.46. The molecule has 4 rings (SSSR count). The van der Waals surface area contributed by atoms with E-state index in [1.165, 1.54) is 5.56 Å². The molecular weight excluding hydrogens is 368 g/mol. The van der Waals surface area contributed by atoms with Crippen LogP contribution < -0.4 is 10.1 Å². The normalized spacial score (nSPS) is 15.8. The van der Waals surface area contributed by atoms with Crippen LogP contribution in [0.15, 0.2) is 53.3 Å². The number of carbonyl (C=O) groups is 1. The van der Waals surface area contributed by atoms with Crippen LogP contribution in [0.1, 0.15) is 30.7 Å². The second kappa shape index (κ2) is 9.32. The molecule has 0 aliphatic carbocycles. The molecule has 1 aromatic carbocycles. The van der Waals surface area contributed by atoms with Gasteiger partial charge in [-0.15, -0.1) is 0 Å². The highest BCUT2D eigenvalue weighted by atomic mass is 16.5. The highest BCUT2D eigenvalue weighted by Crippen LogP contribution is 2.26. The summed E-state index contributed by atoms with van der Waals surface area (Å²) < 4.78 is 11.1. The molecule has 1 aliphatic heterocycles. The first-order chi connectivity index (χ1) is 14.3. The van der Waals surface area contributed by atoms with Crippen molar-refractivity contribution in [2.24, 2.45) is 5.92 Å². The first-order valence-electron chi connectivity index (χ1n) is 9.98. The molecule has 29 heavy (non-hydrogen) atoms. The van der Waals surface area contributed by atoms with Crippen LogP contribution in [0, 0.1) is 5.92 Å². The second-order valence-corrected chi connectivity index (χ2v) is 7.22. The van der Waals surface area contributed by atoms with Crippen LogP contribution in [-0.4, -0.2) is 34.2 Å². The molecular formula is C22H24N4O3. The number of amides is 1. The number of aryl methyl sites for hydroxylation is 1. The van der Waals surface area contributed by atoms with E-state index in [0.29, 0.717) is 50.0 Å². The number of hydrogen-bond acceptors (Lipinski definition) is 6. The van der Waals surface area contributed by atoms with Gasteiger partial charge in [-0.3, -0.25) is 9.78 Å². The summed E-state index contributed by atoms with van der Waals surface area (Å²) in [4.78, 5) is 20.6. The van der Waals surface area contributed by atoms with Crippen LogP contribution in [0.4, 0.5) is 0 Å². The minimum absolute atomic E-state index is 0.0531. The fraction of sp³-hybridized carbons (Fsp3) is 0.364. The lowest BCUT2D eigenvalue weighted by atomic mass is 9.97. The first-order valence-corrected chi connectivity index (χ1v) is 9.98. The van der Waals surface area contributed by atoms with E-state index in [4.69, 9.17) is 9.26 Å². The van der Waals surface area contributed by atoms with Gasteiger partial charge in [0.1, 0.15) is 5.75 Å². The Morgan fingerprint density at radius 3 is 2.93 bits per heavy atom. The zero-order valence-electron chi connectivity index (χ0n) is 16.2. The summed E-state index contributed by atoms with van der Waals surface area (Å²) in [5, 5.41) is 7.04. The van der Waals surface area contributed by atoms with Crippen LogP contribution in [0.2, 0.25) is 0 Å². The van der Waals surface area contributed by atoms with Crippen LogP contribution in [0.25, 0.3) is 11.4 Å². The van der Waals surface area contributed by atoms with Crippen LogP contribution in [0.5, 0.6) is 5.75 Å². The Morgan fingerprint density at radius 1 is 1.17 bits per heavy atom. The summed E-state index contributed by atoms with van der Waals surface area (Å²) in [6.45, 7) is 1.36. The number of ether oxygens (including phenoxy) is 1. The Morgan fingerprint density at radius 2 is 2.03 bits per heavy atom. The predicted molar refractivity (Wildman–Crippen MR) is 107 cm³/mol. The van der Waals surface area contributed by atoms with Gasteiger partial charge in [0, 0.05) is 37.3 Å². The number of nitrogens with one attached hydrogen (secondary N) is 1. The molecule has 0 spiro atoms. The lowest BCUT2D eigenvalue weighted by Gasteiger charge is -2.14. The maximum Gasteiger partial charge on any atom is 0.226 e. The molecule has 0 bridgehead atoms.